The van der Waals surface area contributed by atoms with Gasteiger partial charge in [0.15, 0.2) is 11.5 Å². The largest absolute Gasteiger partial charge is 0.493 e. The van der Waals surface area contributed by atoms with Crippen molar-refractivity contribution in [1.29, 1.82) is 0 Å². The van der Waals surface area contributed by atoms with Crippen molar-refractivity contribution in [3.8, 4) is 17.2 Å². The van der Waals surface area contributed by atoms with E-state index in [9.17, 15) is 14.4 Å². The third-order valence-corrected chi connectivity index (χ3v) is 7.91. The second-order valence-electron chi connectivity index (χ2n) is 9.14. The number of urea groups is 1. The van der Waals surface area contributed by atoms with Gasteiger partial charge in [0.1, 0.15) is 24.5 Å². The molecule has 1 aliphatic rings. The van der Waals surface area contributed by atoms with Crippen LogP contribution in [0.3, 0.4) is 0 Å². The first-order valence-corrected chi connectivity index (χ1v) is 14.6. The molecule has 0 radical (unpaired) electrons. The number of nitrogens with one attached hydrogen (secondary N) is 1. The van der Waals surface area contributed by atoms with Crippen molar-refractivity contribution in [2.45, 2.75) is 13.2 Å². The summed E-state index contributed by atoms with van der Waals surface area (Å²) in [5.41, 5.74) is 2.61. The number of benzene rings is 4. The second kappa shape index (κ2) is 13.2. The molecule has 4 amide bonds. The molecular formula is C32H24BrIN2O6. The molecule has 4 aromatic rings. The summed E-state index contributed by atoms with van der Waals surface area (Å²) in [6.07, 6.45) is 1.43. The van der Waals surface area contributed by atoms with E-state index in [4.69, 9.17) is 14.2 Å². The van der Waals surface area contributed by atoms with Crippen LogP contribution in [0.5, 0.6) is 17.2 Å². The smallest absolute Gasteiger partial charge is 0.335 e. The van der Waals surface area contributed by atoms with Crippen molar-refractivity contribution >= 4 is 68.1 Å². The minimum absolute atomic E-state index is 0.196. The SMILES string of the molecule is COc1cc(/C=C2\C(=O)NC(=O)N(c3ccc(OCc4ccccc4)cc3)C2=O)cc(I)c1OCc1ccccc1Br. The number of hydrogen-bond donors (Lipinski definition) is 1. The van der Waals surface area contributed by atoms with E-state index in [2.05, 4.69) is 43.8 Å². The van der Waals surface area contributed by atoms with Gasteiger partial charge in [0.05, 0.1) is 16.4 Å². The summed E-state index contributed by atoms with van der Waals surface area (Å²) in [5.74, 6) is 0.00503. The number of methoxy groups -OCH3 is 1. The van der Waals surface area contributed by atoms with Crippen LogP contribution in [0, 0.1) is 3.57 Å². The average Bonchev–Trinajstić information content (AvgIpc) is 2.99. The van der Waals surface area contributed by atoms with E-state index in [1.54, 1.807) is 36.4 Å². The molecule has 0 unspecified atom stereocenters. The summed E-state index contributed by atoms with van der Waals surface area (Å²) in [6, 6.07) is 26.6. The fourth-order valence-electron chi connectivity index (χ4n) is 4.22. The Hall–Kier alpha value is -4.16. The number of hydrogen-bond acceptors (Lipinski definition) is 6. The third kappa shape index (κ3) is 6.66. The van der Waals surface area contributed by atoms with Crippen molar-refractivity contribution in [1.82, 2.24) is 5.32 Å². The van der Waals surface area contributed by atoms with Crippen molar-refractivity contribution < 1.29 is 28.6 Å². The van der Waals surface area contributed by atoms with Crippen LogP contribution in [-0.2, 0) is 22.8 Å². The molecule has 0 aromatic heterocycles. The lowest BCUT2D eigenvalue weighted by Gasteiger charge is -2.26. The maximum atomic E-state index is 13.4. The Morgan fingerprint density at radius 2 is 1.60 bits per heavy atom. The van der Waals surface area contributed by atoms with Gasteiger partial charge in [-0.1, -0.05) is 64.5 Å². The molecule has 1 saturated heterocycles. The summed E-state index contributed by atoms with van der Waals surface area (Å²) in [7, 11) is 1.51. The minimum Gasteiger partial charge on any atom is -0.493 e. The normalized spacial score (nSPS) is 14.1. The average molecular weight is 739 g/mol. The Morgan fingerprint density at radius 3 is 2.31 bits per heavy atom. The van der Waals surface area contributed by atoms with Crippen LogP contribution < -0.4 is 24.4 Å². The zero-order valence-electron chi connectivity index (χ0n) is 22.3. The number of barbiturate groups is 1. The standard InChI is InChI=1S/C32H24BrIN2O6/c1-40-28-17-21(16-27(34)29(28)42-19-22-9-5-6-10-26(22)33)15-25-30(37)35-32(39)36(31(25)38)23-11-13-24(14-12-23)41-18-20-7-3-2-4-8-20/h2-17H,18-19H2,1H3,(H,35,37,39)/b25-15+. The Morgan fingerprint density at radius 1 is 0.881 bits per heavy atom. The van der Waals surface area contributed by atoms with Crippen LogP contribution in [0.15, 0.2) is 101 Å². The van der Waals surface area contributed by atoms with E-state index in [0.29, 0.717) is 45.3 Å². The van der Waals surface area contributed by atoms with Gasteiger partial charge in [0, 0.05) is 10.0 Å². The quantitative estimate of drug-likeness (QED) is 0.114. The maximum absolute atomic E-state index is 13.4. The lowest BCUT2D eigenvalue weighted by molar-refractivity contribution is -0.122. The molecule has 0 bridgehead atoms. The van der Waals surface area contributed by atoms with Gasteiger partial charge in [-0.05, 0) is 82.3 Å². The molecular weight excluding hydrogens is 715 g/mol. The van der Waals surface area contributed by atoms with E-state index in [0.717, 1.165) is 20.5 Å². The molecule has 1 N–H and O–H groups in total. The second-order valence-corrected chi connectivity index (χ2v) is 11.2. The molecule has 4 aromatic carbocycles. The number of halogens is 2. The number of amides is 4. The first kappa shape index (κ1) is 29.3. The van der Waals surface area contributed by atoms with E-state index in [1.807, 2.05) is 54.6 Å². The highest BCUT2D eigenvalue weighted by Crippen LogP contribution is 2.36. The van der Waals surface area contributed by atoms with E-state index in [1.165, 1.54) is 13.2 Å². The van der Waals surface area contributed by atoms with Crippen LogP contribution in [-0.4, -0.2) is 25.0 Å². The minimum atomic E-state index is -0.830. The van der Waals surface area contributed by atoms with E-state index < -0.39 is 17.8 Å². The van der Waals surface area contributed by atoms with Crippen LogP contribution in [0.4, 0.5) is 10.5 Å². The van der Waals surface area contributed by atoms with Crippen molar-refractivity contribution in [3.05, 3.63) is 121 Å². The number of nitrogens with zero attached hydrogens (tertiary/aromatic N) is 1. The predicted octanol–water partition coefficient (Wildman–Crippen LogP) is 6.89. The van der Waals surface area contributed by atoms with Gasteiger partial charge in [-0.3, -0.25) is 14.9 Å². The molecule has 0 spiro atoms. The summed E-state index contributed by atoms with van der Waals surface area (Å²) in [4.78, 5) is 39.8. The van der Waals surface area contributed by atoms with Gasteiger partial charge >= 0.3 is 6.03 Å². The Balaban J connectivity index is 1.35. The Bertz CT molecular complexity index is 1670. The lowest BCUT2D eigenvalue weighted by atomic mass is 10.1. The molecule has 0 atom stereocenters. The Kier molecular flexibility index (Phi) is 9.23. The first-order chi connectivity index (χ1) is 20.3. The summed E-state index contributed by atoms with van der Waals surface area (Å²) < 4.78 is 19.1. The fourth-order valence-corrected chi connectivity index (χ4v) is 5.40. The summed E-state index contributed by atoms with van der Waals surface area (Å²) in [6.45, 7) is 0.683. The molecule has 0 aliphatic carbocycles. The van der Waals surface area contributed by atoms with Gasteiger partial charge in [-0.2, -0.15) is 0 Å². The van der Waals surface area contributed by atoms with Gasteiger partial charge in [-0.25, -0.2) is 9.69 Å². The van der Waals surface area contributed by atoms with Crippen molar-refractivity contribution in [2.24, 2.45) is 0 Å². The molecule has 8 nitrogen and oxygen atoms in total. The molecule has 10 heteroatoms. The summed E-state index contributed by atoms with van der Waals surface area (Å²) >= 11 is 5.64. The zero-order valence-corrected chi connectivity index (χ0v) is 26.0. The molecule has 0 saturated carbocycles. The van der Waals surface area contributed by atoms with Crippen LogP contribution >= 0.6 is 38.5 Å². The number of ether oxygens (including phenoxy) is 3. The summed E-state index contributed by atoms with van der Waals surface area (Å²) in [5, 5.41) is 2.25. The number of imide groups is 2. The lowest BCUT2D eigenvalue weighted by Crippen LogP contribution is -2.54. The number of carbonyl (C=O) groups is 3. The molecule has 212 valence electrons. The number of anilines is 1. The predicted molar refractivity (Wildman–Crippen MR) is 170 cm³/mol. The topological polar surface area (TPSA) is 94.2 Å². The highest BCUT2D eigenvalue weighted by Gasteiger charge is 2.37. The van der Waals surface area contributed by atoms with Crippen LogP contribution in [0.1, 0.15) is 16.7 Å². The molecule has 5 rings (SSSR count). The highest BCUT2D eigenvalue weighted by atomic mass is 127. The number of carbonyl (C=O) groups excluding carboxylic acids is 3. The maximum Gasteiger partial charge on any atom is 0.335 e. The van der Waals surface area contributed by atoms with E-state index >= 15 is 0 Å². The Labute approximate surface area is 264 Å². The van der Waals surface area contributed by atoms with E-state index in [-0.39, 0.29) is 5.57 Å². The van der Waals surface area contributed by atoms with Crippen LogP contribution in [0.2, 0.25) is 0 Å². The van der Waals surface area contributed by atoms with Crippen LogP contribution in [0.25, 0.3) is 6.08 Å². The fraction of sp³-hybridized carbons (Fsp3) is 0.0938. The van der Waals surface area contributed by atoms with Crippen molar-refractivity contribution in [2.75, 3.05) is 12.0 Å². The third-order valence-electron chi connectivity index (χ3n) is 6.34. The molecule has 42 heavy (non-hydrogen) atoms. The van der Waals surface area contributed by atoms with Gasteiger partial charge in [-0.15, -0.1) is 0 Å². The first-order valence-electron chi connectivity index (χ1n) is 12.8. The van der Waals surface area contributed by atoms with Gasteiger partial charge in [0.2, 0.25) is 0 Å². The monoisotopic (exact) mass is 738 g/mol. The van der Waals surface area contributed by atoms with Gasteiger partial charge < -0.3 is 14.2 Å². The molecule has 1 fully saturated rings. The molecule has 1 aliphatic heterocycles. The van der Waals surface area contributed by atoms with Gasteiger partial charge in [0.25, 0.3) is 11.8 Å². The highest BCUT2D eigenvalue weighted by molar-refractivity contribution is 14.1. The molecule has 1 heterocycles. The number of rotatable bonds is 9. The van der Waals surface area contributed by atoms with Crippen molar-refractivity contribution in [3.63, 3.8) is 0 Å². The zero-order chi connectivity index (χ0) is 29.6.